The lowest BCUT2D eigenvalue weighted by molar-refractivity contribution is 1.17. The summed E-state index contributed by atoms with van der Waals surface area (Å²) in [5.41, 5.74) is 11.6. The monoisotopic (exact) mass is 610 g/mol. The van der Waals surface area contributed by atoms with Crippen LogP contribution in [0.2, 0.25) is 0 Å². The van der Waals surface area contributed by atoms with Crippen LogP contribution in [0.5, 0.6) is 0 Å². The molecule has 0 radical (unpaired) electrons. The summed E-state index contributed by atoms with van der Waals surface area (Å²) < 4.78 is 4.76. The predicted molar refractivity (Wildman–Crippen MR) is 195 cm³/mol. The average Bonchev–Trinajstić information content (AvgIpc) is 3.68. The SMILES string of the molecule is N#Cc1cc(C#N)cc(-c2ccc(-n3c4ccccc4c4c3ccc3c5ccccc5n(-c5ccccc5)c34)cc2-c2ccccc2)c1. The Balaban J connectivity index is 1.38. The first-order chi connectivity index (χ1) is 23.7. The molecule has 0 unspecified atom stereocenters. The number of hydrogen-bond acceptors (Lipinski definition) is 2. The molecule has 0 saturated heterocycles. The summed E-state index contributed by atoms with van der Waals surface area (Å²) in [6.45, 7) is 0. The van der Waals surface area contributed by atoms with Gasteiger partial charge in [0.1, 0.15) is 0 Å². The highest BCUT2D eigenvalue weighted by Crippen LogP contribution is 2.43. The zero-order valence-electron chi connectivity index (χ0n) is 25.8. The third-order valence-corrected chi connectivity index (χ3v) is 9.33. The molecule has 4 nitrogen and oxygen atoms in total. The Kier molecular flexibility index (Phi) is 6.22. The second-order valence-electron chi connectivity index (χ2n) is 12.0. The van der Waals surface area contributed by atoms with Crippen molar-refractivity contribution >= 4 is 43.6 Å². The Bertz CT molecular complexity index is 2760. The fraction of sp³-hybridized carbons (Fsp3) is 0. The van der Waals surface area contributed by atoms with Gasteiger partial charge in [0.2, 0.25) is 0 Å². The molecule has 0 bridgehead atoms. The van der Waals surface area contributed by atoms with Crippen molar-refractivity contribution in [1.82, 2.24) is 9.13 Å². The van der Waals surface area contributed by atoms with E-state index in [-0.39, 0.29) is 0 Å². The van der Waals surface area contributed by atoms with Gasteiger partial charge in [-0.2, -0.15) is 10.5 Å². The highest BCUT2D eigenvalue weighted by atomic mass is 15.0. The molecule has 9 rings (SSSR count). The first-order valence-electron chi connectivity index (χ1n) is 15.9. The molecule has 0 amide bonds. The second-order valence-corrected chi connectivity index (χ2v) is 12.0. The van der Waals surface area contributed by atoms with Crippen molar-refractivity contribution in [2.75, 3.05) is 0 Å². The lowest BCUT2D eigenvalue weighted by Crippen LogP contribution is -1.97. The minimum absolute atomic E-state index is 0.465. The zero-order chi connectivity index (χ0) is 32.2. The molecule has 4 heteroatoms. The quantitative estimate of drug-likeness (QED) is 0.199. The van der Waals surface area contributed by atoms with E-state index in [9.17, 15) is 10.5 Å². The van der Waals surface area contributed by atoms with Crippen LogP contribution in [-0.2, 0) is 0 Å². The average molecular weight is 611 g/mol. The molecule has 2 heterocycles. The standard InChI is InChI=1S/C44H26N4/c45-27-29-23-30(28-46)25-32(24-29)35-20-19-34(26-39(35)31-11-3-1-4-12-31)47-41-18-10-8-16-38(41)43-42(47)22-21-37-36-15-7-9-17-40(36)48(44(37)43)33-13-5-2-6-14-33/h1-26H. The topological polar surface area (TPSA) is 57.4 Å². The number of hydrogen-bond donors (Lipinski definition) is 0. The van der Waals surface area contributed by atoms with Crippen LogP contribution in [0.15, 0.2) is 158 Å². The molecule has 222 valence electrons. The fourth-order valence-electron chi connectivity index (χ4n) is 7.32. The van der Waals surface area contributed by atoms with Crippen LogP contribution in [0.4, 0.5) is 0 Å². The van der Waals surface area contributed by atoms with Gasteiger partial charge in [0.15, 0.2) is 0 Å². The summed E-state index contributed by atoms with van der Waals surface area (Å²) in [5.74, 6) is 0. The summed E-state index contributed by atoms with van der Waals surface area (Å²) in [5, 5.41) is 24.3. The molecule has 48 heavy (non-hydrogen) atoms. The third-order valence-electron chi connectivity index (χ3n) is 9.33. The summed E-state index contributed by atoms with van der Waals surface area (Å²) in [6.07, 6.45) is 0. The first kappa shape index (κ1) is 27.4. The lowest BCUT2D eigenvalue weighted by atomic mass is 9.92. The number of nitriles is 2. The second kappa shape index (κ2) is 10.9. The van der Waals surface area contributed by atoms with Crippen molar-refractivity contribution in [1.29, 1.82) is 10.5 Å². The highest BCUT2D eigenvalue weighted by Gasteiger charge is 2.21. The van der Waals surface area contributed by atoms with Crippen molar-refractivity contribution in [2.45, 2.75) is 0 Å². The van der Waals surface area contributed by atoms with Crippen LogP contribution in [0.25, 0.3) is 77.2 Å². The number of rotatable bonds is 4. The van der Waals surface area contributed by atoms with Gasteiger partial charge in [-0.15, -0.1) is 0 Å². The summed E-state index contributed by atoms with van der Waals surface area (Å²) in [6, 6.07) is 59.0. The number of para-hydroxylation sites is 3. The smallest absolute Gasteiger partial charge is 0.0992 e. The Morgan fingerprint density at radius 2 is 1.02 bits per heavy atom. The molecular formula is C44H26N4. The summed E-state index contributed by atoms with van der Waals surface area (Å²) in [4.78, 5) is 0. The zero-order valence-corrected chi connectivity index (χ0v) is 25.8. The lowest BCUT2D eigenvalue weighted by Gasteiger charge is -2.15. The molecule has 0 atom stereocenters. The number of fused-ring (bicyclic) bond motifs is 7. The molecular weight excluding hydrogens is 585 g/mol. The van der Waals surface area contributed by atoms with E-state index in [1.54, 1.807) is 6.07 Å². The Morgan fingerprint density at radius 1 is 0.396 bits per heavy atom. The molecule has 0 N–H and O–H groups in total. The number of nitrogens with zero attached hydrogens (tertiary/aromatic N) is 4. The van der Waals surface area contributed by atoms with Crippen LogP contribution < -0.4 is 0 Å². The number of benzene rings is 7. The molecule has 0 aliphatic rings. The van der Waals surface area contributed by atoms with Crippen molar-refractivity contribution in [3.8, 4) is 45.8 Å². The Labute approximate surface area is 277 Å². The van der Waals surface area contributed by atoms with Gasteiger partial charge in [-0.25, -0.2) is 0 Å². The molecule has 9 aromatic rings. The van der Waals surface area contributed by atoms with Crippen LogP contribution in [0.3, 0.4) is 0 Å². The minimum Gasteiger partial charge on any atom is -0.309 e. The Hall–Kier alpha value is -6.88. The van der Waals surface area contributed by atoms with E-state index in [4.69, 9.17) is 0 Å². The van der Waals surface area contributed by atoms with Gasteiger partial charge in [-0.05, 0) is 82.9 Å². The fourth-order valence-corrected chi connectivity index (χ4v) is 7.32. The van der Waals surface area contributed by atoms with Crippen molar-refractivity contribution in [3.05, 3.63) is 169 Å². The molecule has 7 aromatic carbocycles. The van der Waals surface area contributed by atoms with Gasteiger partial charge in [0.05, 0.1) is 45.3 Å². The predicted octanol–water partition coefficient (Wildman–Crippen LogP) is 11.0. The van der Waals surface area contributed by atoms with Gasteiger partial charge in [-0.3, -0.25) is 0 Å². The molecule has 2 aromatic heterocycles. The maximum Gasteiger partial charge on any atom is 0.0992 e. The van der Waals surface area contributed by atoms with Crippen LogP contribution in [0, 0.1) is 22.7 Å². The van der Waals surface area contributed by atoms with Gasteiger partial charge in [-0.1, -0.05) is 97.1 Å². The molecule has 0 aliphatic heterocycles. The van der Waals surface area contributed by atoms with E-state index >= 15 is 0 Å². The minimum atomic E-state index is 0.465. The van der Waals surface area contributed by atoms with E-state index < -0.39 is 0 Å². The Morgan fingerprint density at radius 3 is 1.73 bits per heavy atom. The number of aromatic nitrogens is 2. The van der Waals surface area contributed by atoms with E-state index in [0.29, 0.717) is 11.1 Å². The summed E-state index contributed by atoms with van der Waals surface area (Å²) >= 11 is 0. The maximum atomic E-state index is 9.73. The first-order valence-corrected chi connectivity index (χ1v) is 15.9. The van der Waals surface area contributed by atoms with Crippen molar-refractivity contribution < 1.29 is 0 Å². The maximum absolute atomic E-state index is 9.73. The summed E-state index contributed by atoms with van der Waals surface area (Å²) in [7, 11) is 0. The molecule has 0 aliphatic carbocycles. The largest absolute Gasteiger partial charge is 0.309 e. The normalized spacial score (nSPS) is 11.3. The van der Waals surface area contributed by atoms with Gasteiger partial charge < -0.3 is 9.13 Å². The van der Waals surface area contributed by atoms with Crippen LogP contribution in [-0.4, -0.2) is 9.13 Å². The van der Waals surface area contributed by atoms with E-state index in [1.807, 2.05) is 30.3 Å². The van der Waals surface area contributed by atoms with E-state index in [0.717, 1.165) is 44.7 Å². The third kappa shape index (κ3) is 4.14. The van der Waals surface area contributed by atoms with E-state index in [2.05, 4.69) is 143 Å². The molecule has 0 spiro atoms. The molecule has 0 saturated carbocycles. The van der Waals surface area contributed by atoms with E-state index in [1.165, 1.54) is 32.6 Å². The van der Waals surface area contributed by atoms with Crippen molar-refractivity contribution in [2.24, 2.45) is 0 Å². The van der Waals surface area contributed by atoms with Gasteiger partial charge in [0.25, 0.3) is 0 Å². The molecule has 0 fully saturated rings. The highest BCUT2D eigenvalue weighted by molar-refractivity contribution is 6.26. The van der Waals surface area contributed by atoms with Crippen LogP contribution in [0.1, 0.15) is 11.1 Å². The van der Waals surface area contributed by atoms with Gasteiger partial charge >= 0.3 is 0 Å². The van der Waals surface area contributed by atoms with Crippen LogP contribution >= 0.6 is 0 Å². The van der Waals surface area contributed by atoms with Gasteiger partial charge in [0, 0.05) is 32.9 Å². The van der Waals surface area contributed by atoms with Crippen molar-refractivity contribution in [3.63, 3.8) is 0 Å².